The number of halogens is 2. The van der Waals surface area contributed by atoms with Gasteiger partial charge in [0.25, 0.3) is 5.91 Å². The lowest BCUT2D eigenvalue weighted by molar-refractivity contribution is -0.127. The molecule has 4 rings (SSSR count). The molecule has 1 saturated carbocycles. The fourth-order valence-electron chi connectivity index (χ4n) is 4.28. The van der Waals surface area contributed by atoms with E-state index in [2.05, 4.69) is 5.32 Å². The van der Waals surface area contributed by atoms with Gasteiger partial charge in [0.15, 0.2) is 0 Å². The van der Waals surface area contributed by atoms with Crippen LogP contribution in [0.25, 0.3) is 0 Å². The van der Waals surface area contributed by atoms with E-state index in [4.69, 9.17) is 0 Å². The third-order valence-electron chi connectivity index (χ3n) is 5.97. The van der Waals surface area contributed by atoms with Crippen LogP contribution in [0.3, 0.4) is 0 Å². The number of hydrogen-bond acceptors (Lipinski definition) is 3. The van der Waals surface area contributed by atoms with Gasteiger partial charge < -0.3 is 10.2 Å². The number of nitrogens with zero attached hydrogens (tertiary/aromatic N) is 1. The maximum Gasteiger partial charge on any atom is 0.265 e. The Morgan fingerprint density at radius 1 is 0.970 bits per heavy atom. The van der Waals surface area contributed by atoms with Crippen LogP contribution in [0.1, 0.15) is 58.9 Å². The molecule has 33 heavy (non-hydrogen) atoms. The van der Waals surface area contributed by atoms with Crippen molar-refractivity contribution in [2.45, 2.75) is 50.7 Å². The Balaban J connectivity index is 1.73. The number of nitrogens with one attached hydrogen (secondary N) is 1. The minimum absolute atomic E-state index is 0.00466. The van der Waals surface area contributed by atoms with Crippen LogP contribution in [0.2, 0.25) is 0 Å². The molecule has 0 spiro atoms. The summed E-state index contributed by atoms with van der Waals surface area (Å²) in [6.07, 6.45) is 4.93. The highest BCUT2D eigenvalue weighted by atomic mass is 32.1. The molecule has 1 aromatic heterocycles. The third-order valence-corrected chi connectivity index (χ3v) is 6.83. The molecular weight excluding hydrogens is 442 g/mol. The van der Waals surface area contributed by atoms with Gasteiger partial charge in [0.1, 0.15) is 17.7 Å². The predicted molar refractivity (Wildman–Crippen MR) is 125 cm³/mol. The Hall–Kier alpha value is -3.06. The van der Waals surface area contributed by atoms with Gasteiger partial charge in [0.2, 0.25) is 5.91 Å². The van der Waals surface area contributed by atoms with Crippen molar-refractivity contribution < 1.29 is 18.4 Å². The fraction of sp³-hybridized carbons (Fsp3) is 0.308. The van der Waals surface area contributed by atoms with E-state index in [-0.39, 0.29) is 24.1 Å². The van der Waals surface area contributed by atoms with Crippen LogP contribution in [0.5, 0.6) is 0 Å². The van der Waals surface area contributed by atoms with Crippen molar-refractivity contribution in [3.63, 3.8) is 0 Å². The van der Waals surface area contributed by atoms with Gasteiger partial charge in [-0.2, -0.15) is 0 Å². The van der Waals surface area contributed by atoms with Crippen LogP contribution < -0.4 is 5.32 Å². The number of benzene rings is 2. The first-order valence-electron chi connectivity index (χ1n) is 11.2. The molecule has 1 heterocycles. The number of amides is 2. The average molecular weight is 469 g/mol. The van der Waals surface area contributed by atoms with E-state index in [1.54, 1.807) is 47.8 Å². The van der Waals surface area contributed by atoms with Crippen molar-refractivity contribution in [3.8, 4) is 0 Å². The Morgan fingerprint density at radius 2 is 1.70 bits per heavy atom. The summed E-state index contributed by atoms with van der Waals surface area (Å²) in [5.41, 5.74) is 0.783. The molecule has 1 N–H and O–H groups in total. The van der Waals surface area contributed by atoms with Crippen LogP contribution >= 0.6 is 11.3 Å². The monoisotopic (exact) mass is 468 g/mol. The summed E-state index contributed by atoms with van der Waals surface area (Å²) < 4.78 is 28.5. The zero-order valence-corrected chi connectivity index (χ0v) is 19.0. The van der Waals surface area contributed by atoms with Crippen molar-refractivity contribution in [3.05, 3.63) is 93.7 Å². The molecule has 7 heteroatoms. The average Bonchev–Trinajstić information content (AvgIpc) is 3.36. The maximum absolute atomic E-state index is 15.0. The van der Waals surface area contributed by atoms with Gasteiger partial charge in [-0.25, -0.2) is 8.78 Å². The molecule has 0 bridgehead atoms. The Morgan fingerprint density at radius 3 is 2.36 bits per heavy atom. The quantitative estimate of drug-likeness (QED) is 0.472. The molecule has 1 aliphatic rings. The largest absolute Gasteiger partial charge is 0.351 e. The smallest absolute Gasteiger partial charge is 0.265 e. The Kier molecular flexibility index (Phi) is 7.50. The zero-order valence-electron chi connectivity index (χ0n) is 18.2. The molecule has 0 unspecified atom stereocenters. The molecule has 2 aromatic carbocycles. The normalized spacial score (nSPS) is 15.1. The molecule has 172 valence electrons. The van der Waals surface area contributed by atoms with Crippen LogP contribution in [0, 0.1) is 11.6 Å². The summed E-state index contributed by atoms with van der Waals surface area (Å²) in [6, 6.07) is 14.1. The lowest BCUT2D eigenvalue weighted by atomic mass is 9.94. The van der Waals surface area contributed by atoms with E-state index in [9.17, 15) is 18.4 Å². The molecule has 0 saturated heterocycles. The van der Waals surface area contributed by atoms with Crippen LogP contribution in [-0.4, -0.2) is 22.8 Å². The van der Waals surface area contributed by atoms with Gasteiger partial charge in [-0.15, -0.1) is 11.3 Å². The van der Waals surface area contributed by atoms with Crippen molar-refractivity contribution in [2.24, 2.45) is 0 Å². The molecule has 1 atom stereocenters. The number of hydrogen-bond donors (Lipinski definition) is 1. The molecule has 0 aliphatic heterocycles. The van der Waals surface area contributed by atoms with Crippen molar-refractivity contribution in [2.75, 3.05) is 0 Å². The topological polar surface area (TPSA) is 49.4 Å². The molecule has 2 amide bonds. The second-order valence-electron chi connectivity index (χ2n) is 8.30. The van der Waals surface area contributed by atoms with Gasteiger partial charge in [0, 0.05) is 18.2 Å². The molecular formula is C26H26F2N2O2S. The van der Waals surface area contributed by atoms with Gasteiger partial charge in [-0.3, -0.25) is 9.59 Å². The van der Waals surface area contributed by atoms with Crippen LogP contribution in [0.15, 0.2) is 66.0 Å². The van der Waals surface area contributed by atoms with E-state index in [1.807, 2.05) is 0 Å². The van der Waals surface area contributed by atoms with E-state index >= 15 is 0 Å². The van der Waals surface area contributed by atoms with Gasteiger partial charge in [-0.05, 0) is 48.1 Å². The second kappa shape index (κ2) is 10.7. The van der Waals surface area contributed by atoms with E-state index in [0.717, 1.165) is 32.1 Å². The second-order valence-corrected chi connectivity index (χ2v) is 9.25. The first-order chi connectivity index (χ1) is 16.0. The van der Waals surface area contributed by atoms with Crippen LogP contribution in [0.4, 0.5) is 8.78 Å². The van der Waals surface area contributed by atoms with E-state index in [0.29, 0.717) is 10.4 Å². The highest BCUT2D eigenvalue weighted by molar-refractivity contribution is 7.12. The molecule has 1 aliphatic carbocycles. The Bertz CT molecular complexity index is 1080. The fourth-order valence-corrected chi connectivity index (χ4v) is 4.96. The van der Waals surface area contributed by atoms with Crippen molar-refractivity contribution in [1.82, 2.24) is 10.2 Å². The third kappa shape index (κ3) is 5.66. The number of thiophene rings is 1. The van der Waals surface area contributed by atoms with Crippen LogP contribution in [-0.2, 0) is 11.3 Å². The lowest BCUT2D eigenvalue weighted by Gasteiger charge is -2.33. The van der Waals surface area contributed by atoms with Gasteiger partial charge in [0.05, 0.1) is 4.88 Å². The van der Waals surface area contributed by atoms with Gasteiger partial charge in [-0.1, -0.05) is 55.7 Å². The standard InChI is InChI=1S/C26H26F2N2O2S/c27-19-14-12-18(13-15-19)17-30(26(32)23-11-6-16-33-23)24(21-9-4-5-10-22(21)28)25(31)29-20-7-2-1-3-8-20/h4-6,9-16,20,24H,1-3,7-8,17H2,(H,29,31)/t24-/m1/s1. The van der Waals surface area contributed by atoms with E-state index in [1.165, 1.54) is 34.4 Å². The minimum Gasteiger partial charge on any atom is -0.351 e. The summed E-state index contributed by atoms with van der Waals surface area (Å²) in [7, 11) is 0. The SMILES string of the molecule is O=C(NC1CCCCC1)[C@@H](c1ccccc1F)N(Cc1ccc(F)cc1)C(=O)c1cccs1. The van der Waals surface area contributed by atoms with Crippen molar-refractivity contribution in [1.29, 1.82) is 0 Å². The molecule has 3 aromatic rings. The number of carbonyl (C=O) groups is 2. The molecule has 1 fully saturated rings. The number of carbonyl (C=O) groups excluding carboxylic acids is 2. The first-order valence-corrected chi connectivity index (χ1v) is 12.0. The summed E-state index contributed by atoms with van der Waals surface area (Å²) in [5.74, 6) is -1.72. The Labute approximate surface area is 196 Å². The van der Waals surface area contributed by atoms with Gasteiger partial charge >= 0.3 is 0 Å². The highest BCUT2D eigenvalue weighted by Gasteiger charge is 2.35. The van der Waals surface area contributed by atoms with E-state index < -0.39 is 23.6 Å². The summed E-state index contributed by atoms with van der Waals surface area (Å²) in [6.45, 7) is 0.0358. The number of rotatable bonds is 7. The zero-order chi connectivity index (χ0) is 23.2. The maximum atomic E-state index is 15.0. The molecule has 4 nitrogen and oxygen atoms in total. The first kappa shape index (κ1) is 23.1. The summed E-state index contributed by atoms with van der Waals surface area (Å²) in [4.78, 5) is 29.0. The highest BCUT2D eigenvalue weighted by Crippen LogP contribution is 2.30. The predicted octanol–water partition coefficient (Wildman–Crippen LogP) is 5.86. The summed E-state index contributed by atoms with van der Waals surface area (Å²) in [5, 5.41) is 4.85. The lowest BCUT2D eigenvalue weighted by Crippen LogP contribution is -2.47. The minimum atomic E-state index is -1.16. The summed E-state index contributed by atoms with van der Waals surface area (Å²) >= 11 is 1.26. The van der Waals surface area contributed by atoms with Crippen molar-refractivity contribution >= 4 is 23.2 Å². The molecule has 0 radical (unpaired) electrons.